The highest BCUT2D eigenvalue weighted by atomic mass is 16.2. The van der Waals surface area contributed by atoms with E-state index >= 15 is 0 Å². The van der Waals surface area contributed by atoms with Gasteiger partial charge in [-0.05, 0) is 25.1 Å². The third kappa shape index (κ3) is 6.82. The molecule has 2 heterocycles. The number of carbonyl (C=O) groups excluding carboxylic acids is 4. The van der Waals surface area contributed by atoms with E-state index in [0.29, 0.717) is 11.4 Å². The summed E-state index contributed by atoms with van der Waals surface area (Å²) in [6.07, 6.45) is 1.69. The highest BCUT2D eigenvalue weighted by Crippen LogP contribution is 2.17. The van der Waals surface area contributed by atoms with Crippen molar-refractivity contribution >= 4 is 29.2 Å². The van der Waals surface area contributed by atoms with Gasteiger partial charge in [0.15, 0.2) is 5.78 Å². The first-order valence-electron chi connectivity index (χ1n) is 12.5. The Bertz CT molecular complexity index is 1440. The second-order valence-electron chi connectivity index (χ2n) is 9.32. The molecule has 1 aliphatic rings. The van der Waals surface area contributed by atoms with Crippen LogP contribution in [0.3, 0.4) is 0 Å². The standard InChI is InChI=1S/C28H30N6O5/c1-17(29-2)27(38)33-22-15-31-26(20-9-4-3-5-10-20)34(28(22)39)16-25(37)30-14-19-8-6-7-18(11-19)12-23(35)21-13-24(36)32-21/h3-11,15,17,21,29H,12-14,16H2,1-2H3,(H,30,37)(H,32,36)(H,33,38)/t17-,21?/m0/s1. The summed E-state index contributed by atoms with van der Waals surface area (Å²) in [5.41, 5.74) is 1.61. The Balaban J connectivity index is 1.48. The molecular weight excluding hydrogens is 500 g/mol. The second-order valence-corrected chi connectivity index (χ2v) is 9.32. The summed E-state index contributed by atoms with van der Waals surface area (Å²) in [7, 11) is 1.63. The van der Waals surface area contributed by atoms with E-state index in [2.05, 4.69) is 26.3 Å². The van der Waals surface area contributed by atoms with E-state index in [1.165, 1.54) is 10.8 Å². The summed E-state index contributed by atoms with van der Waals surface area (Å²) in [4.78, 5) is 66.4. The molecule has 4 rings (SSSR count). The van der Waals surface area contributed by atoms with Crippen molar-refractivity contribution in [2.45, 2.75) is 44.9 Å². The quantitative estimate of drug-likeness (QED) is 0.267. The summed E-state index contributed by atoms with van der Waals surface area (Å²) in [5.74, 6) is -0.735. The van der Waals surface area contributed by atoms with Crippen LogP contribution in [0.1, 0.15) is 24.5 Å². The van der Waals surface area contributed by atoms with Gasteiger partial charge in [-0.1, -0.05) is 54.6 Å². The van der Waals surface area contributed by atoms with Crippen LogP contribution in [0.4, 0.5) is 5.69 Å². The molecule has 3 aromatic rings. The number of likely N-dealkylation sites (N-methyl/N-ethyl adjacent to an activating group) is 1. The molecule has 0 bridgehead atoms. The first-order valence-corrected chi connectivity index (χ1v) is 12.5. The maximum atomic E-state index is 13.3. The van der Waals surface area contributed by atoms with Crippen molar-refractivity contribution in [1.29, 1.82) is 0 Å². The monoisotopic (exact) mass is 530 g/mol. The Morgan fingerprint density at radius 3 is 2.49 bits per heavy atom. The third-order valence-corrected chi connectivity index (χ3v) is 6.44. The number of Topliss-reactive ketones (excluding diaryl/α,β-unsaturated/α-hetero) is 1. The fourth-order valence-electron chi connectivity index (χ4n) is 4.04. The number of anilines is 1. The molecule has 202 valence electrons. The Kier molecular flexibility index (Phi) is 8.62. The van der Waals surface area contributed by atoms with Crippen molar-refractivity contribution in [3.05, 3.63) is 82.3 Å². The molecule has 11 heteroatoms. The van der Waals surface area contributed by atoms with E-state index in [1.807, 2.05) is 24.3 Å². The highest BCUT2D eigenvalue weighted by molar-refractivity contribution is 5.99. The molecule has 1 saturated heterocycles. The van der Waals surface area contributed by atoms with Crippen LogP contribution in [0.5, 0.6) is 0 Å². The lowest BCUT2D eigenvalue weighted by Gasteiger charge is -2.25. The van der Waals surface area contributed by atoms with Crippen LogP contribution in [-0.4, -0.2) is 52.2 Å². The average molecular weight is 531 g/mol. The molecule has 4 N–H and O–H groups in total. The number of nitrogens with zero attached hydrogens (tertiary/aromatic N) is 2. The molecule has 0 spiro atoms. The summed E-state index contributed by atoms with van der Waals surface area (Å²) in [6.45, 7) is 1.52. The molecular formula is C28H30N6O5. The number of hydrogen-bond acceptors (Lipinski definition) is 7. The maximum absolute atomic E-state index is 13.3. The highest BCUT2D eigenvalue weighted by Gasteiger charge is 2.31. The number of hydrogen-bond donors (Lipinski definition) is 4. The smallest absolute Gasteiger partial charge is 0.278 e. The largest absolute Gasteiger partial charge is 0.350 e. The van der Waals surface area contributed by atoms with Crippen molar-refractivity contribution < 1.29 is 19.2 Å². The van der Waals surface area contributed by atoms with Gasteiger partial charge in [0.05, 0.1) is 24.7 Å². The predicted octanol–water partition coefficient (Wildman–Crippen LogP) is 0.773. The third-order valence-electron chi connectivity index (χ3n) is 6.44. The first-order chi connectivity index (χ1) is 18.7. The molecule has 0 radical (unpaired) electrons. The first kappa shape index (κ1) is 27.4. The molecule has 2 aromatic carbocycles. The molecule has 1 fully saturated rings. The molecule has 1 unspecified atom stereocenters. The van der Waals surface area contributed by atoms with E-state index in [9.17, 15) is 24.0 Å². The number of benzene rings is 2. The van der Waals surface area contributed by atoms with E-state index in [-0.39, 0.29) is 43.3 Å². The Morgan fingerprint density at radius 1 is 1.08 bits per heavy atom. The zero-order valence-electron chi connectivity index (χ0n) is 21.7. The number of β-lactam (4-membered cyclic amide) rings is 1. The van der Waals surface area contributed by atoms with Gasteiger partial charge in [0, 0.05) is 18.5 Å². The van der Waals surface area contributed by atoms with Gasteiger partial charge in [0.1, 0.15) is 18.1 Å². The van der Waals surface area contributed by atoms with Crippen LogP contribution < -0.4 is 26.8 Å². The van der Waals surface area contributed by atoms with Crippen LogP contribution in [0, 0.1) is 0 Å². The Labute approximate surface area is 225 Å². The van der Waals surface area contributed by atoms with E-state index in [1.54, 1.807) is 44.3 Å². The lowest BCUT2D eigenvalue weighted by molar-refractivity contribution is -0.135. The number of ketones is 1. The number of nitrogens with one attached hydrogen (secondary N) is 4. The summed E-state index contributed by atoms with van der Waals surface area (Å²) >= 11 is 0. The minimum Gasteiger partial charge on any atom is -0.350 e. The van der Waals surface area contributed by atoms with Gasteiger partial charge in [-0.2, -0.15) is 0 Å². The van der Waals surface area contributed by atoms with Crippen molar-refractivity contribution in [3.63, 3.8) is 0 Å². The normalized spacial score (nSPS) is 15.0. The molecule has 39 heavy (non-hydrogen) atoms. The average Bonchev–Trinajstić information content (AvgIpc) is 2.92. The van der Waals surface area contributed by atoms with Crippen molar-refractivity contribution in [2.24, 2.45) is 0 Å². The summed E-state index contributed by atoms with van der Waals surface area (Å²) < 4.78 is 1.23. The van der Waals surface area contributed by atoms with Gasteiger partial charge in [-0.15, -0.1) is 0 Å². The number of amides is 3. The van der Waals surface area contributed by atoms with E-state index in [0.717, 1.165) is 11.1 Å². The topological polar surface area (TPSA) is 151 Å². The van der Waals surface area contributed by atoms with Crippen LogP contribution >= 0.6 is 0 Å². The van der Waals surface area contributed by atoms with Gasteiger partial charge in [0.2, 0.25) is 17.7 Å². The number of carbonyl (C=O) groups is 4. The fraction of sp³-hybridized carbons (Fsp3) is 0.286. The second kappa shape index (κ2) is 12.3. The lowest BCUT2D eigenvalue weighted by Crippen LogP contribution is -2.53. The van der Waals surface area contributed by atoms with Crippen molar-refractivity contribution in [3.8, 4) is 11.4 Å². The molecule has 0 saturated carbocycles. The molecule has 2 atom stereocenters. The van der Waals surface area contributed by atoms with Gasteiger partial charge in [-0.25, -0.2) is 4.98 Å². The van der Waals surface area contributed by atoms with Crippen LogP contribution in [-0.2, 0) is 38.7 Å². The predicted molar refractivity (Wildman–Crippen MR) is 145 cm³/mol. The minimum atomic E-state index is -0.556. The van der Waals surface area contributed by atoms with E-state index < -0.39 is 29.5 Å². The van der Waals surface area contributed by atoms with Gasteiger partial charge in [-0.3, -0.25) is 28.5 Å². The molecule has 1 aromatic heterocycles. The lowest BCUT2D eigenvalue weighted by atomic mass is 9.95. The molecule has 1 aliphatic heterocycles. The van der Waals surface area contributed by atoms with E-state index in [4.69, 9.17) is 0 Å². The fourth-order valence-corrected chi connectivity index (χ4v) is 4.04. The zero-order chi connectivity index (χ0) is 27.9. The summed E-state index contributed by atoms with van der Waals surface area (Å²) in [6, 6.07) is 15.3. The SMILES string of the molecule is CN[C@@H](C)C(=O)Nc1cnc(-c2ccccc2)n(CC(=O)NCc2cccc(CC(=O)C3CC(=O)N3)c2)c1=O. The van der Waals surface area contributed by atoms with Crippen molar-refractivity contribution in [1.82, 2.24) is 25.5 Å². The minimum absolute atomic E-state index is 0.0328. The van der Waals surface area contributed by atoms with Gasteiger partial charge < -0.3 is 21.3 Å². The molecule has 0 aliphatic carbocycles. The van der Waals surface area contributed by atoms with Gasteiger partial charge in [0.25, 0.3) is 5.56 Å². The van der Waals surface area contributed by atoms with Gasteiger partial charge >= 0.3 is 0 Å². The van der Waals surface area contributed by atoms with Crippen LogP contribution in [0.2, 0.25) is 0 Å². The van der Waals surface area contributed by atoms with Crippen LogP contribution in [0.15, 0.2) is 65.6 Å². The number of aromatic nitrogens is 2. The van der Waals surface area contributed by atoms with Crippen LogP contribution in [0.25, 0.3) is 11.4 Å². The molecule has 11 nitrogen and oxygen atoms in total. The Hall–Kier alpha value is -4.64. The maximum Gasteiger partial charge on any atom is 0.278 e. The Morgan fingerprint density at radius 2 is 1.79 bits per heavy atom. The van der Waals surface area contributed by atoms with Crippen molar-refractivity contribution in [2.75, 3.05) is 12.4 Å². The zero-order valence-corrected chi connectivity index (χ0v) is 21.7. The molecule has 3 amide bonds. The number of rotatable bonds is 11. The summed E-state index contributed by atoms with van der Waals surface area (Å²) in [5, 5.41) is 10.8.